The van der Waals surface area contributed by atoms with E-state index in [-0.39, 0.29) is 0 Å². The van der Waals surface area contributed by atoms with E-state index in [9.17, 15) is 0 Å². The van der Waals surface area contributed by atoms with Crippen molar-refractivity contribution in [2.75, 3.05) is 0 Å². The lowest BCUT2D eigenvalue weighted by Gasteiger charge is -2.55. The first-order chi connectivity index (χ1) is 8.97. The Morgan fingerprint density at radius 1 is 1.05 bits per heavy atom. The summed E-state index contributed by atoms with van der Waals surface area (Å²) in [6, 6.07) is 0. The largest absolute Gasteiger partial charge is 0.463 e. The Hall–Kier alpha value is 0.394. The van der Waals surface area contributed by atoms with Gasteiger partial charge in [0.2, 0.25) is 0 Å². The van der Waals surface area contributed by atoms with Crippen molar-refractivity contribution in [2.24, 2.45) is 0 Å². The zero-order valence-corrected chi connectivity index (χ0v) is 17.2. The van der Waals surface area contributed by atoms with Gasteiger partial charge in [-0.2, -0.15) is 0 Å². The Morgan fingerprint density at radius 2 is 1.58 bits per heavy atom. The van der Waals surface area contributed by atoms with Crippen LogP contribution in [0.1, 0.15) is 86.0 Å². The average molecular weight is 301 g/mol. The summed E-state index contributed by atoms with van der Waals surface area (Å²) < 4.78 is 6.58. The van der Waals surface area contributed by atoms with Crippen LogP contribution in [0.25, 0.3) is 0 Å². The highest BCUT2D eigenvalue weighted by Gasteiger charge is 2.57. The molecule has 0 spiro atoms. The Labute approximate surface area is 125 Å². The van der Waals surface area contributed by atoms with Gasteiger partial charge in [-0.3, -0.25) is 0 Å². The van der Waals surface area contributed by atoms with Crippen LogP contribution in [-0.2, 0) is 4.12 Å². The van der Waals surface area contributed by atoms with Gasteiger partial charge in [0.15, 0.2) is 8.32 Å². The van der Waals surface area contributed by atoms with Crippen molar-refractivity contribution in [2.45, 2.75) is 102 Å². The van der Waals surface area contributed by atoms with Crippen LogP contribution in [0.4, 0.5) is 0 Å². The molecule has 0 N–H and O–H groups in total. The first kappa shape index (κ1) is 17.4. The van der Waals surface area contributed by atoms with Crippen LogP contribution in [0, 0.1) is 0 Å². The molecule has 0 saturated heterocycles. The Bertz CT molecular complexity index is 249. The van der Waals surface area contributed by atoms with Crippen molar-refractivity contribution in [3.8, 4) is 0 Å². The molecule has 0 bridgehead atoms. The maximum Gasteiger partial charge on any atom is 0.190 e. The third-order valence-electron chi connectivity index (χ3n) is 5.70. The van der Waals surface area contributed by atoms with Crippen molar-refractivity contribution < 1.29 is 4.12 Å². The molecule has 1 aliphatic rings. The lowest BCUT2D eigenvalue weighted by Crippen LogP contribution is -2.56. The van der Waals surface area contributed by atoms with Gasteiger partial charge in [-0.1, -0.05) is 66.7 Å². The first-order valence-corrected chi connectivity index (χ1v) is 11.4. The molecular formula is C16H36OSi2. The molecule has 0 atom stereocenters. The van der Waals surface area contributed by atoms with E-state index in [4.69, 9.17) is 4.12 Å². The standard InChI is InChI=1S/C16H36OSi2/c1-6-7-11-16(12-9-8-10-13-16)19(17-18,14(2)3)15(4)5/h14-15H,6-13H2,1-5,18H3. The molecule has 114 valence electrons. The molecule has 19 heavy (non-hydrogen) atoms. The van der Waals surface area contributed by atoms with Crippen LogP contribution in [0.2, 0.25) is 16.1 Å². The lowest BCUT2D eigenvalue weighted by atomic mass is 9.84. The second-order valence-corrected chi connectivity index (χ2v) is 13.8. The second kappa shape index (κ2) is 7.42. The SMILES string of the molecule is CCCCC1([Si](O[SiH3])(C(C)C)C(C)C)CCCCC1. The predicted octanol–water partition coefficient (Wildman–Crippen LogP) is 4.94. The van der Waals surface area contributed by atoms with Crippen molar-refractivity contribution in [1.29, 1.82) is 0 Å². The highest BCUT2D eigenvalue weighted by atomic mass is 28.4. The fraction of sp³-hybridized carbons (Fsp3) is 1.00. The molecule has 0 aromatic heterocycles. The van der Waals surface area contributed by atoms with E-state index in [1.54, 1.807) is 0 Å². The summed E-state index contributed by atoms with van der Waals surface area (Å²) >= 11 is 0. The van der Waals surface area contributed by atoms with Crippen molar-refractivity contribution >= 4 is 18.8 Å². The smallest absolute Gasteiger partial charge is 0.190 e. The highest BCUT2D eigenvalue weighted by molar-refractivity contribution is 6.81. The molecular weight excluding hydrogens is 264 g/mol. The second-order valence-electron chi connectivity index (χ2n) is 7.25. The van der Waals surface area contributed by atoms with Gasteiger partial charge in [-0.05, 0) is 35.4 Å². The lowest BCUT2D eigenvalue weighted by molar-refractivity contribution is 0.291. The molecule has 0 amide bonds. The van der Waals surface area contributed by atoms with Crippen LogP contribution < -0.4 is 0 Å². The van der Waals surface area contributed by atoms with Crippen LogP contribution in [0.5, 0.6) is 0 Å². The third-order valence-corrected chi connectivity index (χ3v) is 14.2. The number of hydrogen-bond acceptors (Lipinski definition) is 1. The zero-order chi connectivity index (χ0) is 14.5. The molecule has 1 aliphatic carbocycles. The van der Waals surface area contributed by atoms with Gasteiger partial charge in [-0.15, -0.1) is 0 Å². The van der Waals surface area contributed by atoms with Crippen molar-refractivity contribution in [3.05, 3.63) is 0 Å². The van der Waals surface area contributed by atoms with Gasteiger partial charge in [-0.25, -0.2) is 0 Å². The molecule has 1 fully saturated rings. The number of unbranched alkanes of at least 4 members (excludes halogenated alkanes) is 1. The van der Waals surface area contributed by atoms with E-state index >= 15 is 0 Å². The van der Waals surface area contributed by atoms with Crippen LogP contribution in [0.15, 0.2) is 0 Å². The van der Waals surface area contributed by atoms with E-state index < -0.39 is 8.32 Å². The van der Waals surface area contributed by atoms with Crippen LogP contribution in [-0.4, -0.2) is 18.8 Å². The quantitative estimate of drug-likeness (QED) is 0.605. The van der Waals surface area contributed by atoms with Gasteiger partial charge in [0.05, 0.1) is 0 Å². The van der Waals surface area contributed by atoms with Crippen molar-refractivity contribution in [1.82, 2.24) is 0 Å². The summed E-state index contributed by atoms with van der Waals surface area (Å²) in [5, 5.41) is 0.589. The topological polar surface area (TPSA) is 9.23 Å². The summed E-state index contributed by atoms with van der Waals surface area (Å²) in [6.45, 7) is 12.1. The molecule has 1 rings (SSSR count). The molecule has 0 unspecified atom stereocenters. The zero-order valence-electron chi connectivity index (χ0n) is 14.2. The summed E-state index contributed by atoms with van der Waals surface area (Å²) in [4.78, 5) is 0. The molecule has 1 saturated carbocycles. The van der Waals surface area contributed by atoms with E-state index in [0.717, 1.165) is 21.6 Å². The van der Waals surface area contributed by atoms with E-state index in [2.05, 4.69) is 34.6 Å². The molecule has 0 heterocycles. The minimum Gasteiger partial charge on any atom is -0.463 e. The van der Waals surface area contributed by atoms with E-state index in [1.165, 1.54) is 51.4 Å². The van der Waals surface area contributed by atoms with E-state index in [0.29, 0.717) is 5.04 Å². The fourth-order valence-corrected chi connectivity index (χ4v) is 16.1. The molecule has 0 aromatic carbocycles. The van der Waals surface area contributed by atoms with Gasteiger partial charge in [0.1, 0.15) is 10.5 Å². The molecule has 0 aromatic rings. The average Bonchev–Trinajstić information content (AvgIpc) is 2.38. The maximum atomic E-state index is 6.58. The van der Waals surface area contributed by atoms with Crippen LogP contribution in [0.3, 0.4) is 0 Å². The third kappa shape index (κ3) is 3.19. The van der Waals surface area contributed by atoms with Gasteiger partial charge < -0.3 is 4.12 Å². The summed E-state index contributed by atoms with van der Waals surface area (Å²) in [5.41, 5.74) is 1.53. The van der Waals surface area contributed by atoms with Gasteiger partial charge in [0, 0.05) is 0 Å². The van der Waals surface area contributed by atoms with E-state index in [1.807, 2.05) is 0 Å². The Balaban J connectivity index is 3.16. The summed E-state index contributed by atoms with van der Waals surface area (Å²) in [6.07, 6.45) is 11.4. The predicted molar refractivity (Wildman–Crippen MR) is 92.3 cm³/mol. The Kier molecular flexibility index (Phi) is 6.81. The van der Waals surface area contributed by atoms with Crippen LogP contribution >= 0.6 is 0 Å². The summed E-state index contributed by atoms with van der Waals surface area (Å²) in [7, 11) is -0.720. The number of hydrogen-bond donors (Lipinski definition) is 0. The minimum atomic E-state index is -1.65. The molecule has 3 heteroatoms. The van der Waals surface area contributed by atoms with Crippen molar-refractivity contribution in [3.63, 3.8) is 0 Å². The van der Waals surface area contributed by atoms with Gasteiger partial charge >= 0.3 is 0 Å². The monoisotopic (exact) mass is 300 g/mol. The van der Waals surface area contributed by atoms with Gasteiger partial charge in [0.25, 0.3) is 0 Å². The Morgan fingerprint density at radius 3 is 1.95 bits per heavy atom. The first-order valence-electron chi connectivity index (χ1n) is 8.52. The normalized spacial score (nSPS) is 20.4. The fourth-order valence-electron chi connectivity index (χ4n) is 5.16. The number of rotatable bonds is 7. The minimum absolute atomic E-state index is 0.589. The highest BCUT2D eigenvalue weighted by Crippen LogP contribution is 2.61. The maximum absolute atomic E-state index is 6.58. The molecule has 0 aliphatic heterocycles. The summed E-state index contributed by atoms with van der Waals surface area (Å²) in [5.74, 6) is 0. The molecule has 1 nitrogen and oxygen atoms in total. The molecule has 0 radical (unpaired) electrons.